The zero-order valence-corrected chi connectivity index (χ0v) is 11.7. The minimum atomic E-state index is 0.467. The van der Waals surface area contributed by atoms with Crippen LogP contribution in [0.2, 0.25) is 0 Å². The Hall–Kier alpha value is -2.11. The molecule has 0 spiro atoms. The summed E-state index contributed by atoms with van der Waals surface area (Å²) >= 11 is 0. The molecule has 0 N–H and O–H groups in total. The van der Waals surface area contributed by atoms with E-state index in [0.717, 1.165) is 12.2 Å². The van der Waals surface area contributed by atoms with Crippen LogP contribution in [0, 0.1) is 12.3 Å². The molecule has 0 bridgehead atoms. The molecule has 2 heteroatoms. The average Bonchev–Trinajstić information content (AvgIpc) is 2.87. The van der Waals surface area contributed by atoms with Crippen LogP contribution in [0.25, 0.3) is 11.1 Å². The third-order valence-corrected chi connectivity index (χ3v) is 3.97. The predicted octanol–water partition coefficient (Wildman–Crippen LogP) is 3.50. The van der Waals surface area contributed by atoms with Gasteiger partial charge in [-0.1, -0.05) is 24.3 Å². The number of nitrogens with zero attached hydrogens (tertiary/aromatic N) is 2. The Labute approximate surface area is 120 Å². The third kappa shape index (κ3) is 2.59. The summed E-state index contributed by atoms with van der Waals surface area (Å²) < 4.78 is 0. The molecule has 1 aromatic rings. The summed E-state index contributed by atoms with van der Waals surface area (Å²) in [6, 6.07) is 13.0. The highest BCUT2D eigenvalue weighted by molar-refractivity contribution is 5.80. The van der Waals surface area contributed by atoms with Crippen molar-refractivity contribution in [1.82, 2.24) is 9.88 Å². The number of hydrogen-bond donors (Lipinski definition) is 0. The van der Waals surface area contributed by atoms with Crippen LogP contribution in [-0.2, 0) is 0 Å². The van der Waals surface area contributed by atoms with Gasteiger partial charge in [0, 0.05) is 17.8 Å². The highest BCUT2D eigenvalue weighted by atomic mass is 15.1. The lowest BCUT2D eigenvalue weighted by Gasteiger charge is -2.20. The number of fused-ring (bicyclic) bond motifs is 1. The minimum absolute atomic E-state index is 0.467. The smallest absolute Gasteiger partial charge is 0.117 e. The molecule has 1 saturated heterocycles. The van der Waals surface area contributed by atoms with Crippen molar-refractivity contribution in [2.45, 2.75) is 18.9 Å². The molecule has 0 amide bonds. The van der Waals surface area contributed by atoms with Gasteiger partial charge in [0.25, 0.3) is 0 Å². The van der Waals surface area contributed by atoms with Crippen molar-refractivity contribution in [3.05, 3.63) is 53.9 Å². The normalized spacial score (nSPS) is 18.9. The van der Waals surface area contributed by atoms with Crippen molar-refractivity contribution in [2.75, 3.05) is 13.6 Å². The van der Waals surface area contributed by atoms with E-state index in [1.54, 1.807) is 6.20 Å². The fraction of sp³-hybridized carbons (Fsp3) is 0.278. The van der Waals surface area contributed by atoms with Crippen molar-refractivity contribution in [1.29, 1.82) is 0 Å². The lowest BCUT2D eigenvalue weighted by molar-refractivity contribution is 0.316. The Morgan fingerprint density at radius 1 is 1.25 bits per heavy atom. The first-order chi connectivity index (χ1) is 9.79. The van der Waals surface area contributed by atoms with Gasteiger partial charge in [-0.2, -0.15) is 0 Å². The van der Waals surface area contributed by atoms with Crippen LogP contribution in [0.4, 0.5) is 0 Å². The number of likely N-dealkylation sites (tertiary alicyclic amines) is 1. The second kappa shape index (κ2) is 5.48. The van der Waals surface area contributed by atoms with Crippen LogP contribution in [0.1, 0.15) is 30.1 Å². The maximum Gasteiger partial charge on any atom is 0.117 e. The fourth-order valence-corrected chi connectivity index (χ4v) is 2.79. The van der Waals surface area contributed by atoms with Crippen LogP contribution in [0.5, 0.6) is 0 Å². The Bertz CT molecular complexity index is 637. The lowest BCUT2D eigenvalue weighted by atomic mass is 10.0. The van der Waals surface area contributed by atoms with Gasteiger partial charge in [0.2, 0.25) is 0 Å². The first-order valence-corrected chi connectivity index (χ1v) is 7.02. The molecule has 1 atom stereocenters. The van der Waals surface area contributed by atoms with Crippen LogP contribution in [0.15, 0.2) is 42.6 Å². The van der Waals surface area contributed by atoms with Gasteiger partial charge in [-0.05, 0) is 55.6 Å². The van der Waals surface area contributed by atoms with Gasteiger partial charge >= 0.3 is 0 Å². The number of terminal acetylenes is 1. The molecule has 20 heavy (non-hydrogen) atoms. The van der Waals surface area contributed by atoms with Gasteiger partial charge in [0.05, 0.1) is 0 Å². The maximum atomic E-state index is 5.43. The number of aromatic nitrogens is 1. The van der Waals surface area contributed by atoms with Crippen LogP contribution in [-0.4, -0.2) is 23.5 Å². The number of pyridine rings is 1. The Balaban J connectivity index is 0.000000165. The molecule has 1 aliphatic heterocycles. The molecule has 2 nitrogen and oxygen atoms in total. The van der Waals surface area contributed by atoms with E-state index in [9.17, 15) is 0 Å². The van der Waals surface area contributed by atoms with Crippen molar-refractivity contribution in [3.63, 3.8) is 0 Å². The second-order valence-corrected chi connectivity index (χ2v) is 5.31. The molecule has 3 aliphatic rings. The summed E-state index contributed by atoms with van der Waals surface area (Å²) in [6.45, 7) is 1.16. The summed E-state index contributed by atoms with van der Waals surface area (Å²) in [5.41, 5.74) is 4.85. The number of benzene rings is 1. The van der Waals surface area contributed by atoms with E-state index in [4.69, 9.17) is 6.42 Å². The zero-order valence-electron chi connectivity index (χ0n) is 11.7. The summed E-state index contributed by atoms with van der Waals surface area (Å²) in [4.78, 5) is 6.56. The van der Waals surface area contributed by atoms with Gasteiger partial charge in [-0.15, -0.1) is 6.42 Å². The molecule has 0 aromatic carbocycles. The predicted molar refractivity (Wildman–Crippen MR) is 82.2 cm³/mol. The molecule has 100 valence electrons. The first-order valence-electron chi connectivity index (χ1n) is 7.02. The Kier molecular flexibility index (Phi) is 3.54. The standard InChI is InChI=1S/C12H14N2.C6H4/c1-3-11-10(6-4-8-13-11)12-7-5-9-14(12)2;1-2-5-4-6(5)3-1/h1,4,6,8,12H,5,7,9H2,2H3;1-4H. The largest absolute Gasteiger partial charge is 0.299 e. The molecular weight excluding hydrogens is 244 g/mol. The molecule has 2 heterocycles. The average molecular weight is 262 g/mol. The lowest BCUT2D eigenvalue weighted by Crippen LogP contribution is -2.18. The van der Waals surface area contributed by atoms with Crippen molar-refractivity contribution >= 4 is 0 Å². The zero-order chi connectivity index (χ0) is 13.9. The highest BCUT2D eigenvalue weighted by Gasteiger charge is 2.24. The third-order valence-electron chi connectivity index (χ3n) is 3.97. The molecule has 1 aromatic heterocycles. The quantitative estimate of drug-likeness (QED) is 0.624. The Morgan fingerprint density at radius 3 is 2.55 bits per heavy atom. The SMILES string of the molecule is C#Cc1ncccc1C1CCCN1C.c1cc2cc-2c1. The van der Waals surface area contributed by atoms with Gasteiger partial charge in [0.1, 0.15) is 5.69 Å². The summed E-state index contributed by atoms with van der Waals surface area (Å²) in [5, 5.41) is 0. The molecule has 1 fully saturated rings. The maximum absolute atomic E-state index is 5.43. The fourth-order valence-electron chi connectivity index (χ4n) is 2.79. The Morgan fingerprint density at radius 2 is 2.05 bits per heavy atom. The van der Waals surface area contributed by atoms with Gasteiger partial charge in [0.15, 0.2) is 0 Å². The van der Waals surface area contributed by atoms with Gasteiger partial charge in [-0.25, -0.2) is 4.98 Å². The van der Waals surface area contributed by atoms with E-state index >= 15 is 0 Å². The minimum Gasteiger partial charge on any atom is -0.299 e. The van der Waals surface area contributed by atoms with E-state index < -0.39 is 0 Å². The van der Waals surface area contributed by atoms with Crippen molar-refractivity contribution in [3.8, 4) is 23.5 Å². The van der Waals surface area contributed by atoms with Gasteiger partial charge in [-0.3, -0.25) is 4.90 Å². The molecule has 4 rings (SSSR count). The molecule has 0 radical (unpaired) electrons. The number of hydrogen-bond acceptors (Lipinski definition) is 2. The van der Waals surface area contributed by atoms with E-state index in [1.165, 1.54) is 29.5 Å². The highest BCUT2D eigenvalue weighted by Crippen LogP contribution is 2.32. The molecular formula is C18H18N2. The summed E-state index contributed by atoms with van der Waals surface area (Å²) in [5.74, 6) is 2.66. The first kappa shape index (κ1) is 12.9. The van der Waals surface area contributed by atoms with Crippen molar-refractivity contribution in [2.24, 2.45) is 0 Å². The van der Waals surface area contributed by atoms with Crippen LogP contribution >= 0.6 is 0 Å². The molecule has 2 aliphatic carbocycles. The number of rotatable bonds is 1. The molecule has 0 saturated carbocycles. The monoisotopic (exact) mass is 262 g/mol. The van der Waals surface area contributed by atoms with Crippen LogP contribution < -0.4 is 0 Å². The van der Waals surface area contributed by atoms with Crippen molar-refractivity contribution < 1.29 is 0 Å². The van der Waals surface area contributed by atoms with Gasteiger partial charge < -0.3 is 0 Å². The second-order valence-electron chi connectivity index (χ2n) is 5.31. The van der Waals surface area contributed by atoms with E-state index in [1.807, 2.05) is 6.07 Å². The summed E-state index contributed by atoms with van der Waals surface area (Å²) in [6.07, 6.45) is 9.63. The van der Waals surface area contributed by atoms with E-state index in [0.29, 0.717) is 6.04 Å². The van der Waals surface area contributed by atoms with E-state index in [-0.39, 0.29) is 0 Å². The topological polar surface area (TPSA) is 16.1 Å². The van der Waals surface area contributed by atoms with Crippen LogP contribution in [0.3, 0.4) is 0 Å². The summed E-state index contributed by atoms with van der Waals surface area (Å²) in [7, 11) is 2.14. The van der Waals surface area contributed by atoms with E-state index in [2.05, 4.69) is 53.2 Å². The molecule has 1 unspecified atom stereocenters.